The highest BCUT2D eigenvalue weighted by molar-refractivity contribution is 6.07. The van der Waals surface area contributed by atoms with Crippen molar-refractivity contribution in [3.63, 3.8) is 0 Å². The average Bonchev–Trinajstić information content (AvgIpc) is 2.96. The van der Waals surface area contributed by atoms with Gasteiger partial charge in [0.25, 0.3) is 11.8 Å². The van der Waals surface area contributed by atoms with Gasteiger partial charge in [-0.3, -0.25) is 19.9 Å². The van der Waals surface area contributed by atoms with Crippen molar-refractivity contribution in [2.24, 2.45) is 0 Å². The van der Waals surface area contributed by atoms with Crippen molar-refractivity contribution in [3.8, 4) is 0 Å². The van der Waals surface area contributed by atoms with Crippen molar-refractivity contribution in [1.82, 2.24) is 20.7 Å². The van der Waals surface area contributed by atoms with E-state index in [0.717, 1.165) is 16.1 Å². The third-order valence-electron chi connectivity index (χ3n) is 5.32. The molecule has 0 aromatic heterocycles. The molecule has 3 rings (SSSR count). The number of urea groups is 1. The molecule has 2 aromatic carbocycles. The Morgan fingerprint density at radius 2 is 1.63 bits per heavy atom. The molecule has 7 nitrogen and oxygen atoms in total. The highest BCUT2D eigenvalue weighted by Crippen LogP contribution is 2.22. The van der Waals surface area contributed by atoms with E-state index in [2.05, 4.69) is 10.7 Å². The zero-order valence-corrected chi connectivity index (χ0v) is 17.4. The first-order valence-electron chi connectivity index (χ1n) is 10.2. The van der Waals surface area contributed by atoms with Gasteiger partial charge in [0, 0.05) is 6.54 Å². The molecule has 1 heterocycles. The zero-order valence-electron chi connectivity index (χ0n) is 17.4. The second kappa shape index (κ2) is 9.54. The van der Waals surface area contributed by atoms with Crippen LogP contribution >= 0.6 is 0 Å². The number of amides is 4. The number of benzene rings is 2. The Balaban J connectivity index is 1.56. The van der Waals surface area contributed by atoms with E-state index in [4.69, 9.17) is 0 Å². The zero-order chi connectivity index (χ0) is 21.6. The molecule has 0 spiro atoms. The number of hydrogen-bond donors (Lipinski definition) is 2. The minimum atomic E-state index is -1.05. The van der Waals surface area contributed by atoms with Crippen molar-refractivity contribution in [2.45, 2.75) is 38.8 Å². The van der Waals surface area contributed by atoms with E-state index in [-0.39, 0.29) is 6.54 Å². The Labute approximate surface area is 177 Å². The number of hydrogen-bond acceptors (Lipinski definition) is 4. The van der Waals surface area contributed by atoms with Crippen LogP contribution in [0.25, 0.3) is 0 Å². The van der Waals surface area contributed by atoms with Crippen LogP contribution in [0, 0.1) is 0 Å². The lowest BCUT2D eigenvalue weighted by molar-refractivity contribution is -0.139. The van der Waals surface area contributed by atoms with Gasteiger partial charge in [0.2, 0.25) is 0 Å². The molecule has 0 bridgehead atoms. The van der Waals surface area contributed by atoms with Gasteiger partial charge >= 0.3 is 6.03 Å². The van der Waals surface area contributed by atoms with Crippen molar-refractivity contribution in [3.05, 3.63) is 71.8 Å². The first-order chi connectivity index (χ1) is 14.4. The fraction of sp³-hybridized carbons (Fsp3) is 0.348. The fourth-order valence-electron chi connectivity index (χ4n) is 3.48. The monoisotopic (exact) mass is 408 g/mol. The largest absolute Gasteiger partial charge is 0.344 e. The van der Waals surface area contributed by atoms with Crippen molar-refractivity contribution in [2.75, 3.05) is 13.1 Å². The molecule has 158 valence electrons. The maximum absolute atomic E-state index is 12.9. The third kappa shape index (κ3) is 5.24. The number of likely N-dealkylation sites (N-methyl/N-ethyl adjacent to an activating group) is 1. The summed E-state index contributed by atoms with van der Waals surface area (Å²) in [4.78, 5) is 39.7. The summed E-state index contributed by atoms with van der Waals surface area (Å²) in [6, 6.07) is 19.0. The summed E-state index contributed by atoms with van der Waals surface area (Å²) in [6.07, 6.45) is 1.09. The van der Waals surface area contributed by atoms with E-state index in [0.29, 0.717) is 25.9 Å². The molecule has 30 heavy (non-hydrogen) atoms. The standard InChI is InChI=1S/C23H28N4O3/c1-3-26(16-19-12-8-5-9-13-19)17-20(28)25-27-21(29)23(2,24-22(27)30)15-14-18-10-6-4-7-11-18/h4-13H,3,14-17H2,1-2H3,(H,24,30)(H,25,28)/t23-/m0/s1. The van der Waals surface area contributed by atoms with E-state index < -0.39 is 23.4 Å². The number of aryl methyl sites for hydroxylation is 1. The Kier molecular flexibility index (Phi) is 6.84. The molecule has 0 aliphatic carbocycles. The Bertz CT molecular complexity index is 888. The van der Waals surface area contributed by atoms with Gasteiger partial charge in [0.05, 0.1) is 6.54 Å². The minimum absolute atomic E-state index is 0.0865. The summed E-state index contributed by atoms with van der Waals surface area (Å²) in [5.74, 6) is -0.841. The van der Waals surface area contributed by atoms with Crippen LogP contribution in [0.15, 0.2) is 60.7 Å². The molecule has 4 amide bonds. The van der Waals surface area contributed by atoms with E-state index >= 15 is 0 Å². The summed E-state index contributed by atoms with van der Waals surface area (Å²) in [5, 5.41) is 3.53. The predicted octanol–water partition coefficient (Wildman–Crippen LogP) is 2.48. The topological polar surface area (TPSA) is 81.8 Å². The van der Waals surface area contributed by atoms with Crippen molar-refractivity contribution >= 4 is 17.8 Å². The van der Waals surface area contributed by atoms with Gasteiger partial charge in [-0.05, 0) is 37.4 Å². The number of carbonyl (C=O) groups excluding carboxylic acids is 3. The summed E-state index contributed by atoms with van der Waals surface area (Å²) in [5.41, 5.74) is 3.61. The summed E-state index contributed by atoms with van der Waals surface area (Å²) in [7, 11) is 0. The van der Waals surface area contributed by atoms with Crippen LogP contribution in [0.5, 0.6) is 0 Å². The summed E-state index contributed by atoms with van der Waals surface area (Å²) >= 11 is 0. The number of hydrazine groups is 1. The lowest BCUT2D eigenvalue weighted by atomic mass is 9.93. The van der Waals surface area contributed by atoms with E-state index in [1.165, 1.54) is 0 Å². The number of imide groups is 1. The van der Waals surface area contributed by atoms with Crippen LogP contribution in [-0.4, -0.2) is 46.4 Å². The van der Waals surface area contributed by atoms with Crippen LogP contribution in [-0.2, 0) is 22.6 Å². The van der Waals surface area contributed by atoms with Gasteiger partial charge in [0.15, 0.2) is 0 Å². The van der Waals surface area contributed by atoms with Gasteiger partial charge in [-0.25, -0.2) is 4.79 Å². The van der Waals surface area contributed by atoms with E-state index in [9.17, 15) is 14.4 Å². The second-order valence-electron chi connectivity index (χ2n) is 7.71. The van der Waals surface area contributed by atoms with Crippen LogP contribution < -0.4 is 10.7 Å². The number of nitrogens with zero attached hydrogens (tertiary/aromatic N) is 2. The molecular formula is C23H28N4O3. The third-order valence-corrected chi connectivity index (χ3v) is 5.32. The Morgan fingerprint density at radius 1 is 1.03 bits per heavy atom. The normalized spacial score (nSPS) is 18.6. The number of nitrogens with one attached hydrogen (secondary N) is 2. The summed E-state index contributed by atoms with van der Waals surface area (Å²) in [6.45, 7) is 5.01. The molecule has 1 atom stereocenters. The minimum Gasteiger partial charge on any atom is -0.322 e. The molecular weight excluding hydrogens is 380 g/mol. The predicted molar refractivity (Wildman–Crippen MR) is 114 cm³/mol. The van der Waals surface area contributed by atoms with Crippen LogP contribution in [0.1, 0.15) is 31.4 Å². The average molecular weight is 409 g/mol. The molecule has 0 unspecified atom stereocenters. The molecule has 1 fully saturated rings. The van der Waals surface area contributed by atoms with Gasteiger partial charge in [-0.1, -0.05) is 67.6 Å². The van der Waals surface area contributed by atoms with Crippen molar-refractivity contribution in [1.29, 1.82) is 0 Å². The fourth-order valence-corrected chi connectivity index (χ4v) is 3.48. The maximum atomic E-state index is 12.9. The molecule has 2 N–H and O–H groups in total. The maximum Gasteiger partial charge on any atom is 0.344 e. The smallest absolute Gasteiger partial charge is 0.322 e. The molecule has 0 saturated carbocycles. The highest BCUT2D eigenvalue weighted by Gasteiger charge is 2.48. The van der Waals surface area contributed by atoms with Crippen LogP contribution in [0.4, 0.5) is 4.79 Å². The highest BCUT2D eigenvalue weighted by atomic mass is 16.2. The van der Waals surface area contributed by atoms with Gasteiger partial charge in [0.1, 0.15) is 5.54 Å². The number of carbonyl (C=O) groups is 3. The molecule has 7 heteroatoms. The Morgan fingerprint density at radius 3 is 2.23 bits per heavy atom. The van der Waals surface area contributed by atoms with E-state index in [1.807, 2.05) is 72.5 Å². The number of rotatable bonds is 9. The molecule has 0 radical (unpaired) electrons. The van der Waals surface area contributed by atoms with Gasteiger partial charge < -0.3 is 5.32 Å². The Hall–Kier alpha value is -3.19. The summed E-state index contributed by atoms with van der Waals surface area (Å²) < 4.78 is 0. The first-order valence-corrected chi connectivity index (χ1v) is 10.2. The lowest BCUT2D eigenvalue weighted by Crippen LogP contribution is -2.51. The first kappa shape index (κ1) is 21.5. The van der Waals surface area contributed by atoms with Crippen LogP contribution in [0.3, 0.4) is 0 Å². The van der Waals surface area contributed by atoms with Crippen molar-refractivity contribution < 1.29 is 14.4 Å². The SMILES string of the molecule is CCN(CC(=O)NN1C(=O)N[C@@](C)(CCc2ccccc2)C1=O)Cc1ccccc1. The van der Waals surface area contributed by atoms with Crippen LogP contribution in [0.2, 0.25) is 0 Å². The quantitative estimate of drug-likeness (QED) is 0.625. The van der Waals surface area contributed by atoms with Gasteiger partial charge in [-0.2, -0.15) is 5.01 Å². The second-order valence-corrected chi connectivity index (χ2v) is 7.71. The van der Waals surface area contributed by atoms with Gasteiger partial charge in [-0.15, -0.1) is 0 Å². The molecule has 1 aliphatic rings. The molecule has 1 aliphatic heterocycles. The van der Waals surface area contributed by atoms with E-state index in [1.54, 1.807) is 6.92 Å². The molecule has 1 saturated heterocycles. The molecule has 2 aromatic rings. The lowest BCUT2D eigenvalue weighted by Gasteiger charge is -2.23.